The Bertz CT molecular complexity index is 231. The van der Waals surface area contributed by atoms with E-state index in [0.29, 0.717) is 0 Å². The molecule has 0 aliphatic carbocycles. The quantitative estimate of drug-likeness (QED) is 0.243. The van der Waals surface area contributed by atoms with Gasteiger partial charge in [-0.3, -0.25) is 19.3 Å². The number of hydrogen-bond acceptors (Lipinski definition) is 5. The molecule has 0 bridgehead atoms. The second kappa shape index (κ2) is 8.64. The molecule has 15 heavy (non-hydrogen) atoms. The number of carbonyl (C=O) groups excluding carboxylic acids is 3. The number of likely N-dealkylation sites (N-methyl/N-ethyl adjacent to an activating group) is 1. The van der Waals surface area contributed by atoms with Crippen LogP contribution < -0.4 is 0 Å². The van der Waals surface area contributed by atoms with Gasteiger partial charge < -0.3 is 4.74 Å². The van der Waals surface area contributed by atoms with Crippen LogP contribution in [0.5, 0.6) is 0 Å². The van der Waals surface area contributed by atoms with E-state index in [1.807, 2.05) is 0 Å². The maximum Gasteiger partial charge on any atom is 0.310 e. The maximum atomic E-state index is 10.2. The van der Waals surface area contributed by atoms with Gasteiger partial charge in [0.1, 0.15) is 0 Å². The van der Waals surface area contributed by atoms with Gasteiger partial charge in [0.05, 0.1) is 0 Å². The first-order valence-electron chi connectivity index (χ1n) is 3.87. The van der Waals surface area contributed by atoms with Gasteiger partial charge in [0.15, 0.2) is 5.50 Å². The average Bonchev–Trinajstić information content (AvgIpc) is 2.00. The van der Waals surface area contributed by atoms with E-state index in [2.05, 4.69) is 4.74 Å². The summed E-state index contributed by atoms with van der Waals surface area (Å²) in [6.45, 7) is 2.36. The first kappa shape index (κ1) is 16.8. The first-order chi connectivity index (χ1) is 6.68. The highest BCUT2D eigenvalue weighted by molar-refractivity contribution is 6.68. The first-order valence-corrected chi connectivity index (χ1v) is 4.68. The van der Waals surface area contributed by atoms with E-state index in [0.717, 1.165) is 0 Å². The van der Waals surface area contributed by atoms with E-state index in [4.69, 9.17) is 23.2 Å². The molecule has 0 rings (SSSR count). The van der Waals surface area contributed by atoms with E-state index < -0.39 is 22.7 Å². The molecule has 0 fully saturated rings. The normalized spacial score (nSPS) is 11.1. The Balaban J connectivity index is 0. The summed E-state index contributed by atoms with van der Waals surface area (Å²) in [5.74, 6) is -1.12. The molecule has 0 amide bonds. The van der Waals surface area contributed by atoms with Crippen LogP contribution in [0.25, 0.3) is 0 Å². The van der Waals surface area contributed by atoms with E-state index in [1.54, 1.807) is 14.1 Å². The fraction of sp³-hybridized carbons (Fsp3) is 0.625. The number of hydrogen-bond donors (Lipinski definition) is 0. The maximum absolute atomic E-state index is 10.2. The summed E-state index contributed by atoms with van der Waals surface area (Å²) in [5, 5.41) is -0.545. The lowest BCUT2D eigenvalue weighted by Crippen LogP contribution is -2.27. The number of nitrogens with zero attached hydrogens (tertiary/aromatic N) is 1. The molecule has 0 radical (unpaired) electrons. The molecule has 0 heterocycles. The van der Waals surface area contributed by atoms with E-state index in [1.165, 1.54) is 18.7 Å². The molecule has 0 aromatic heterocycles. The third-order valence-corrected chi connectivity index (χ3v) is 1.84. The van der Waals surface area contributed by atoms with Gasteiger partial charge in [0.2, 0.25) is 0 Å². The molecule has 0 aromatic rings. The molecular weight excluding hydrogens is 245 g/mol. The van der Waals surface area contributed by atoms with Gasteiger partial charge in [0.25, 0.3) is 5.24 Å². The number of rotatable bonds is 2. The second-order valence-electron chi connectivity index (χ2n) is 2.69. The van der Waals surface area contributed by atoms with E-state index >= 15 is 0 Å². The molecule has 0 aliphatic rings. The second-order valence-corrected chi connectivity index (χ2v) is 3.47. The Kier molecular flexibility index (Phi) is 9.66. The van der Waals surface area contributed by atoms with Crippen LogP contribution in [-0.4, -0.2) is 41.7 Å². The molecule has 0 aliphatic heterocycles. The number of carbonyl (C=O) groups is 3. The van der Waals surface area contributed by atoms with Crippen molar-refractivity contribution in [1.82, 2.24) is 4.90 Å². The van der Waals surface area contributed by atoms with Crippen LogP contribution in [-0.2, 0) is 19.1 Å². The van der Waals surface area contributed by atoms with Crippen LogP contribution in [0.15, 0.2) is 0 Å². The molecule has 1 atom stereocenters. The standard InChI is InChI=1S/C4H7Cl2NO.C4H6O3/c1-7(2)3(5)4(6)8;1-3(5)7-4(2)6/h3H,1-2H3;1-2H3. The Morgan fingerprint density at radius 2 is 1.47 bits per heavy atom. The van der Waals surface area contributed by atoms with Gasteiger partial charge in [-0.15, -0.1) is 0 Å². The highest BCUT2D eigenvalue weighted by atomic mass is 35.5. The molecule has 1 unspecified atom stereocenters. The minimum absolute atomic E-state index is 0.545. The van der Waals surface area contributed by atoms with Gasteiger partial charge in [-0.25, -0.2) is 0 Å². The zero-order valence-corrected chi connectivity index (χ0v) is 10.4. The average molecular weight is 258 g/mol. The number of halogens is 2. The van der Waals surface area contributed by atoms with Crippen molar-refractivity contribution in [2.45, 2.75) is 19.3 Å². The Hall–Kier alpha value is -0.650. The summed E-state index contributed by atoms with van der Waals surface area (Å²) in [7, 11) is 3.36. The highest BCUT2D eigenvalue weighted by Gasteiger charge is 2.13. The molecular formula is C8H13Cl2NO4. The van der Waals surface area contributed by atoms with E-state index in [-0.39, 0.29) is 0 Å². The van der Waals surface area contributed by atoms with Gasteiger partial charge in [-0.05, 0) is 25.7 Å². The lowest BCUT2D eigenvalue weighted by Gasteiger charge is -2.11. The SMILES string of the molecule is CC(=O)OC(C)=O.CN(C)C(Cl)C(=O)Cl. The van der Waals surface area contributed by atoms with Crippen molar-refractivity contribution in [2.75, 3.05) is 14.1 Å². The van der Waals surface area contributed by atoms with Crippen molar-refractivity contribution >= 4 is 40.4 Å². The summed E-state index contributed by atoms with van der Waals surface area (Å²) < 4.78 is 3.97. The Morgan fingerprint density at radius 1 is 1.13 bits per heavy atom. The third-order valence-electron chi connectivity index (χ3n) is 0.928. The van der Waals surface area contributed by atoms with Crippen molar-refractivity contribution in [3.8, 4) is 0 Å². The van der Waals surface area contributed by atoms with Gasteiger partial charge in [-0.1, -0.05) is 11.6 Å². The number of esters is 2. The highest BCUT2D eigenvalue weighted by Crippen LogP contribution is 2.02. The molecule has 0 aromatic carbocycles. The molecule has 7 heteroatoms. The molecule has 88 valence electrons. The monoisotopic (exact) mass is 257 g/mol. The Morgan fingerprint density at radius 3 is 1.47 bits per heavy atom. The third kappa shape index (κ3) is 13.3. The fourth-order valence-corrected chi connectivity index (χ4v) is 0.601. The number of ether oxygens (including phenoxy) is 1. The lowest BCUT2D eigenvalue weighted by molar-refractivity contribution is -0.156. The van der Waals surface area contributed by atoms with Gasteiger partial charge in [0, 0.05) is 13.8 Å². The van der Waals surface area contributed by atoms with Crippen molar-refractivity contribution in [2.24, 2.45) is 0 Å². The smallest absolute Gasteiger partial charge is 0.310 e. The molecule has 5 nitrogen and oxygen atoms in total. The van der Waals surface area contributed by atoms with Crippen LogP contribution in [0.1, 0.15) is 13.8 Å². The van der Waals surface area contributed by atoms with Crippen molar-refractivity contribution < 1.29 is 19.1 Å². The van der Waals surface area contributed by atoms with Crippen LogP contribution in [0, 0.1) is 0 Å². The largest absolute Gasteiger partial charge is 0.394 e. The lowest BCUT2D eigenvalue weighted by atomic mass is 10.6. The summed E-state index contributed by atoms with van der Waals surface area (Å²) in [5.41, 5.74) is -0.698. The minimum atomic E-state index is -0.698. The van der Waals surface area contributed by atoms with Gasteiger partial charge in [-0.2, -0.15) is 0 Å². The molecule has 0 saturated heterocycles. The number of alkyl halides is 1. The molecule has 0 spiro atoms. The molecule has 0 N–H and O–H groups in total. The fourth-order valence-electron chi connectivity index (χ4n) is 0.405. The summed E-state index contributed by atoms with van der Waals surface area (Å²) in [6, 6.07) is 0. The zero-order chi connectivity index (χ0) is 12.6. The predicted octanol–water partition coefficient (Wildman–Crippen LogP) is 0.974. The minimum Gasteiger partial charge on any atom is -0.394 e. The van der Waals surface area contributed by atoms with Gasteiger partial charge >= 0.3 is 11.9 Å². The van der Waals surface area contributed by atoms with Crippen LogP contribution >= 0.6 is 23.2 Å². The summed E-state index contributed by atoms with van der Waals surface area (Å²) in [4.78, 5) is 31.3. The predicted molar refractivity (Wildman–Crippen MR) is 56.6 cm³/mol. The van der Waals surface area contributed by atoms with Crippen LogP contribution in [0.2, 0.25) is 0 Å². The zero-order valence-electron chi connectivity index (χ0n) is 8.91. The summed E-state index contributed by atoms with van der Waals surface area (Å²) >= 11 is 10.4. The van der Waals surface area contributed by atoms with Crippen molar-refractivity contribution in [3.05, 3.63) is 0 Å². The summed E-state index contributed by atoms with van der Waals surface area (Å²) in [6.07, 6.45) is 0. The van der Waals surface area contributed by atoms with Crippen molar-refractivity contribution in [3.63, 3.8) is 0 Å². The van der Waals surface area contributed by atoms with Crippen molar-refractivity contribution in [1.29, 1.82) is 0 Å². The molecule has 0 saturated carbocycles. The van der Waals surface area contributed by atoms with Crippen LogP contribution in [0.3, 0.4) is 0 Å². The van der Waals surface area contributed by atoms with Crippen LogP contribution in [0.4, 0.5) is 0 Å². The van der Waals surface area contributed by atoms with E-state index in [9.17, 15) is 14.4 Å². The Labute approximate surface area is 98.3 Å². The topological polar surface area (TPSA) is 63.7 Å².